The summed E-state index contributed by atoms with van der Waals surface area (Å²) in [6, 6.07) is 7.43. The molecule has 0 radical (unpaired) electrons. The van der Waals surface area contributed by atoms with Crippen LogP contribution in [0, 0.1) is 10.1 Å². The minimum atomic E-state index is -1.12. The number of non-ortho nitro benzene ring substituents is 1. The van der Waals surface area contributed by atoms with E-state index in [2.05, 4.69) is 42.2 Å². The van der Waals surface area contributed by atoms with Crippen molar-refractivity contribution in [2.45, 2.75) is 6.92 Å². The fraction of sp³-hybridized carbons (Fsp3) is 0.150. The van der Waals surface area contributed by atoms with E-state index < -0.39 is 17.5 Å². The van der Waals surface area contributed by atoms with Crippen LogP contribution in [0.2, 0.25) is 0 Å². The maximum atomic E-state index is 12.4. The number of nitrogens with one attached hydrogen (secondary N) is 1. The van der Waals surface area contributed by atoms with Crippen LogP contribution in [0.15, 0.2) is 49.2 Å². The Bertz CT molecular complexity index is 1200. The summed E-state index contributed by atoms with van der Waals surface area (Å²) in [6.07, 6.45) is 1.63. The number of nitro benzene ring substituents is 1. The highest BCUT2D eigenvalue weighted by Gasteiger charge is 2.25. The van der Waals surface area contributed by atoms with Gasteiger partial charge >= 0.3 is 5.97 Å². The molecule has 13 heteroatoms. The molecular weight excluding hydrogens is 586 g/mol. The van der Waals surface area contributed by atoms with E-state index in [0.717, 1.165) is 11.8 Å². The van der Waals surface area contributed by atoms with Gasteiger partial charge in [-0.2, -0.15) is 0 Å². The molecule has 2 aromatic carbocycles. The lowest BCUT2D eigenvalue weighted by Gasteiger charge is -2.13. The highest BCUT2D eigenvalue weighted by molar-refractivity contribution is 9.11. The van der Waals surface area contributed by atoms with E-state index in [-0.39, 0.29) is 17.3 Å². The number of carbonyl (C=O) groups excluding carboxylic acids is 1. The van der Waals surface area contributed by atoms with E-state index in [4.69, 9.17) is 14.6 Å². The highest BCUT2D eigenvalue weighted by atomic mass is 79.9. The number of nitro groups is 1. The number of carbonyl (C=O) groups is 2. The number of aliphatic carboxylic acids is 1. The lowest BCUT2D eigenvalue weighted by atomic mass is 10.2. The molecule has 33 heavy (non-hydrogen) atoms. The molecule has 0 unspecified atom stereocenters. The third-order valence-corrected chi connectivity index (χ3v) is 6.12. The Morgan fingerprint density at radius 1 is 1.27 bits per heavy atom. The molecule has 0 aromatic heterocycles. The van der Waals surface area contributed by atoms with E-state index in [1.54, 1.807) is 25.1 Å². The first-order valence-corrected chi connectivity index (χ1v) is 11.6. The minimum Gasteiger partial charge on any atom is -0.490 e. The zero-order chi connectivity index (χ0) is 24.1. The van der Waals surface area contributed by atoms with Crippen molar-refractivity contribution in [2.75, 3.05) is 13.2 Å². The predicted octanol–water partition coefficient (Wildman–Crippen LogP) is 4.87. The maximum absolute atomic E-state index is 12.4. The minimum absolute atomic E-state index is 0.0824. The predicted molar refractivity (Wildman–Crippen MR) is 130 cm³/mol. The van der Waals surface area contributed by atoms with Gasteiger partial charge in [0, 0.05) is 12.1 Å². The van der Waals surface area contributed by atoms with Crippen molar-refractivity contribution >= 4 is 78.1 Å². The number of hydrogen-bond donors (Lipinski definition) is 2. The van der Waals surface area contributed by atoms with Crippen LogP contribution < -0.4 is 14.8 Å². The van der Waals surface area contributed by atoms with Crippen LogP contribution >= 0.6 is 43.6 Å². The van der Waals surface area contributed by atoms with E-state index in [9.17, 15) is 19.7 Å². The van der Waals surface area contributed by atoms with Crippen LogP contribution in [0.5, 0.6) is 11.5 Å². The number of carboxylic acids is 1. The first-order valence-electron chi connectivity index (χ1n) is 9.22. The molecule has 172 valence electrons. The fourth-order valence-corrected chi connectivity index (χ4v) is 4.51. The van der Waals surface area contributed by atoms with E-state index in [1.807, 2.05) is 0 Å². The third-order valence-electron chi connectivity index (χ3n) is 3.98. The van der Waals surface area contributed by atoms with Gasteiger partial charge in [-0.1, -0.05) is 0 Å². The molecule has 0 spiro atoms. The van der Waals surface area contributed by atoms with Crippen LogP contribution in [0.3, 0.4) is 0 Å². The number of carboxylic acid groups (broad SMARTS) is 1. The molecule has 1 aliphatic rings. The molecule has 1 amide bonds. The lowest BCUT2D eigenvalue weighted by molar-refractivity contribution is -0.384. The number of amidine groups is 1. The molecule has 3 rings (SSSR count). The van der Waals surface area contributed by atoms with Crippen LogP contribution in [-0.2, 0) is 9.59 Å². The molecule has 1 fully saturated rings. The van der Waals surface area contributed by atoms with Gasteiger partial charge in [0.05, 0.1) is 31.1 Å². The molecule has 10 nitrogen and oxygen atoms in total. The average molecular weight is 601 g/mol. The normalized spacial score (nSPS) is 15.5. The Labute approximate surface area is 208 Å². The molecule has 1 saturated heterocycles. The van der Waals surface area contributed by atoms with Crippen molar-refractivity contribution in [3.05, 3.63) is 59.9 Å². The van der Waals surface area contributed by atoms with Crippen molar-refractivity contribution in [3.8, 4) is 11.5 Å². The molecule has 0 aliphatic carbocycles. The van der Waals surface area contributed by atoms with Gasteiger partial charge in [-0.25, -0.2) is 9.79 Å². The van der Waals surface area contributed by atoms with Gasteiger partial charge in [0.15, 0.2) is 23.3 Å². The van der Waals surface area contributed by atoms with Gasteiger partial charge in [0.2, 0.25) is 0 Å². The van der Waals surface area contributed by atoms with Gasteiger partial charge in [0.1, 0.15) is 0 Å². The number of hydrogen-bond acceptors (Lipinski definition) is 8. The summed E-state index contributed by atoms with van der Waals surface area (Å²) < 4.78 is 11.7. The maximum Gasteiger partial charge on any atom is 0.341 e. The zero-order valence-corrected chi connectivity index (χ0v) is 20.8. The first-order chi connectivity index (χ1) is 15.7. The van der Waals surface area contributed by atoms with Crippen LogP contribution in [0.1, 0.15) is 12.5 Å². The number of rotatable bonds is 8. The number of amides is 1. The van der Waals surface area contributed by atoms with E-state index in [1.165, 1.54) is 18.2 Å². The smallest absolute Gasteiger partial charge is 0.341 e. The summed E-state index contributed by atoms with van der Waals surface area (Å²) in [5.74, 6) is -0.916. The second-order valence-electron chi connectivity index (χ2n) is 6.32. The monoisotopic (exact) mass is 599 g/mol. The van der Waals surface area contributed by atoms with Crippen molar-refractivity contribution < 1.29 is 29.1 Å². The van der Waals surface area contributed by atoms with Crippen molar-refractivity contribution in [2.24, 2.45) is 4.99 Å². The molecule has 0 saturated carbocycles. The fourth-order valence-electron chi connectivity index (χ4n) is 2.65. The number of nitrogens with zero attached hydrogens (tertiary/aromatic N) is 2. The van der Waals surface area contributed by atoms with E-state index >= 15 is 0 Å². The summed E-state index contributed by atoms with van der Waals surface area (Å²) in [6.45, 7) is 1.57. The number of halogens is 2. The molecule has 2 N–H and O–H groups in total. The Balaban J connectivity index is 1.87. The van der Waals surface area contributed by atoms with Gasteiger partial charge < -0.3 is 19.9 Å². The largest absolute Gasteiger partial charge is 0.490 e. The van der Waals surface area contributed by atoms with Gasteiger partial charge in [0.25, 0.3) is 11.6 Å². The molecule has 1 heterocycles. The summed E-state index contributed by atoms with van der Waals surface area (Å²) in [5, 5.41) is 22.7. The topological polar surface area (TPSA) is 140 Å². The van der Waals surface area contributed by atoms with Crippen LogP contribution in [0.4, 0.5) is 11.4 Å². The van der Waals surface area contributed by atoms with Crippen LogP contribution in [0.25, 0.3) is 6.08 Å². The summed E-state index contributed by atoms with van der Waals surface area (Å²) in [7, 11) is 0. The number of benzene rings is 2. The molecule has 2 aromatic rings. The van der Waals surface area contributed by atoms with Crippen molar-refractivity contribution in [1.82, 2.24) is 5.32 Å². The van der Waals surface area contributed by atoms with E-state index in [0.29, 0.717) is 42.6 Å². The Hall–Kier alpha value is -2.90. The molecule has 1 aliphatic heterocycles. The summed E-state index contributed by atoms with van der Waals surface area (Å²) >= 11 is 7.70. The van der Waals surface area contributed by atoms with Crippen molar-refractivity contribution in [1.29, 1.82) is 0 Å². The van der Waals surface area contributed by atoms with Crippen molar-refractivity contribution in [3.63, 3.8) is 0 Å². The molecule has 0 bridgehead atoms. The zero-order valence-electron chi connectivity index (χ0n) is 16.8. The molecular formula is C20H15Br2N3O7S. The average Bonchev–Trinajstić information content (AvgIpc) is 3.07. The Kier molecular flexibility index (Phi) is 8.10. The van der Waals surface area contributed by atoms with Crippen LogP contribution in [-0.4, -0.2) is 40.3 Å². The SMILES string of the molecule is CCOc1cc(/C=C2/SC(=Nc3ccc([N+](=O)[O-])cc3Br)NC2=O)cc(Br)c1OCC(=O)O. The summed E-state index contributed by atoms with van der Waals surface area (Å²) in [4.78, 5) is 38.3. The summed E-state index contributed by atoms with van der Waals surface area (Å²) in [5.41, 5.74) is 0.954. The highest BCUT2D eigenvalue weighted by Crippen LogP contribution is 2.39. The standard InChI is InChI=1S/C20H15Br2N3O7S/c1-2-31-15-6-10(5-13(22)18(15)32-9-17(26)27)7-16-19(28)24-20(33-16)23-14-4-3-11(25(29)30)8-12(14)21/h3-8H,2,9H2,1H3,(H,26,27)(H,23,24,28)/b16-7+. The second-order valence-corrected chi connectivity index (χ2v) is 9.06. The lowest BCUT2D eigenvalue weighted by Crippen LogP contribution is -2.19. The Morgan fingerprint density at radius 2 is 2.03 bits per heavy atom. The number of aliphatic imine (C=N–C) groups is 1. The van der Waals surface area contributed by atoms with Gasteiger partial charge in [-0.15, -0.1) is 0 Å². The molecule has 0 atom stereocenters. The Morgan fingerprint density at radius 3 is 2.67 bits per heavy atom. The number of ether oxygens (including phenoxy) is 2. The van der Waals surface area contributed by atoms with Gasteiger partial charge in [-0.05, 0) is 80.4 Å². The first kappa shape index (κ1) is 24.7. The third kappa shape index (κ3) is 6.33. The number of thioether (sulfide) groups is 1. The van der Waals surface area contributed by atoms with Gasteiger partial charge in [-0.3, -0.25) is 14.9 Å². The second kappa shape index (κ2) is 10.8. The quantitative estimate of drug-likeness (QED) is 0.248.